The molecule has 2 N–H and O–H groups in total. The number of hydrogen-bond donors (Lipinski definition) is 2. The lowest BCUT2D eigenvalue weighted by Gasteiger charge is -2.26. The fourth-order valence-corrected chi connectivity index (χ4v) is 6.70. The van der Waals surface area contributed by atoms with E-state index in [0.29, 0.717) is 47.0 Å². The Labute approximate surface area is 205 Å². The molecule has 0 atom stereocenters. The molecule has 1 fully saturated rings. The van der Waals surface area contributed by atoms with Gasteiger partial charge in [-0.1, -0.05) is 17.4 Å². The smallest absolute Gasteiger partial charge is 0.393 e. The summed E-state index contributed by atoms with van der Waals surface area (Å²) >= 11 is 1.28. The van der Waals surface area contributed by atoms with E-state index >= 15 is 0 Å². The van der Waals surface area contributed by atoms with Crippen LogP contribution in [-0.2, 0) is 26.5 Å². The third-order valence-corrected chi connectivity index (χ3v) is 9.05. The molecule has 0 radical (unpaired) electrons. The van der Waals surface area contributed by atoms with E-state index in [-0.39, 0.29) is 5.56 Å². The molecule has 1 aliphatic carbocycles. The Morgan fingerprint density at radius 3 is 2.46 bits per heavy atom. The zero-order chi connectivity index (χ0) is 25.8. The van der Waals surface area contributed by atoms with E-state index in [9.17, 15) is 26.7 Å². The number of fused-ring (bicyclic) bond motifs is 1. The minimum absolute atomic E-state index is 0.245. The van der Waals surface area contributed by atoms with Crippen LogP contribution in [0.2, 0.25) is 0 Å². The third kappa shape index (κ3) is 5.10. The van der Waals surface area contributed by atoms with Crippen molar-refractivity contribution in [2.75, 3.05) is 7.11 Å². The monoisotopic (exact) mass is 532 g/mol. The molecule has 1 aliphatic rings. The summed E-state index contributed by atoms with van der Waals surface area (Å²) in [7, 11) is -2.97. The lowest BCUT2D eigenvalue weighted by Crippen LogP contribution is -2.39. The molecule has 8 nitrogen and oxygen atoms in total. The van der Waals surface area contributed by atoms with E-state index in [1.54, 1.807) is 14.0 Å². The number of halogens is 3. The van der Waals surface area contributed by atoms with E-state index < -0.39 is 44.4 Å². The number of methoxy groups -OCH3 is 1. The molecule has 13 heteroatoms. The molecule has 1 saturated carbocycles. The summed E-state index contributed by atoms with van der Waals surface area (Å²) in [5.74, 6) is 0. The predicted molar refractivity (Wildman–Crippen MR) is 125 cm³/mol. The second-order valence-electron chi connectivity index (χ2n) is 9.20. The van der Waals surface area contributed by atoms with Crippen LogP contribution in [0.4, 0.5) is 13.2 Å². The summed E-state index contributed by atoms with van der Waals surface area (Å²) < 4.78 is 77.2. The van der Waals surface area contributed by atoms with Crippen LogP contribution in [0.3, 0.4) is 0 Å². The topological polar surface area (TPSA) is 106 Å². The summed E-state index contributed by atoms with van der Waals surface area (Å²) in [5, 5.41) is 14.8. The molecule has 192 valence electrons. The summed E-state index contributed by atoms with van der Waals surface area (Å²) in [6.45, 7) is 5.35. The highest BCUT2D eigenvalue weighted by Gasteiger charge is 2.39. The van der Waals surface area contributed by atoms with Crippen LogP contribution in [0.25, 0.3) is 16.2 Å². The molecule has 3 aromatic rings. The highest BCUT2D eigenvalue weighted by atomic mass is 32.2. The van der Waals surface area contributed by atoms with E-state index in [1.807, 2.05) is 13.8 Å². The zero-order valence-electron chi connectivity index (χ0n) is 19.7. The van der Waals surface area contributed by atoms with Crippen molar-refractivity contribution >= 4 is 26.3 Å². The predicted octanol–water partition coefficient (Wildman–Crippen LogP) is 4.25. The average molecular weight is 533 g/mol. The van der Waals surface area contributed by atoms with E-state index in [4.69, 9.17) is 4.74 Å². The molecular weight excluding hydrogens is 505 g/mol. The first-order chi connectivity index (χ1) is 16.2. The Hall–Kier alpha value is -2.06. The molecule has 0 amide bonds. The van der Waals surface area contributed by atoms with E-state index in [2.05, 4.69) is 14.8 Å². The van der Waals surface area contributed by atoms with Crippen molar-refractivity contribution in [2.45, 2.75) is 75.3 Å². The standard InChI is InChI=1S/C22H27F3N4O4S2/c1-12-18(29-20(26-12)34-19(27-29)21(2,3)33-4)13-5-10-16(22(23,24)25)17(11-13)35(31,32)28-14-6-8-15(30)9-7-14/h5,10-11,14-15,28,30H,6-9H2,1-4H3. The number of aromatic nitrogens is 3. The summed E-state index contributed by atoms with van der Waals surface area (Å²) in [5.41, 5.74) is -0.803. The van der Waals surface area contributed by atoms with Crippen LogP contribution < -0.4 is 4.72 Å². The lowest BCUT2D eigenvalue weighted by atomic mass is 9.94. The maximum absolute atomic E-state index is 13.8. The van der Waals surface area contributed by atoms with Gasteiger partial charge >= 0.3 is 6.18 Å². The van der Waals surface area contributed by atoms with E-state index in [1.165, 1.54) is 21.9 Å². The average Bonchev–Trinajstić information content (AvgIpc) is 3.31. The van der Waals surface area contributed by atoms with E-state index in [0.717, 1.165) is 12.1 Å². The summed E-state index contributed by atoms with van der Waals surface area (Å²) in [6.07, 6.45) is -3.93. The Kier molecular flexibility index (Phi) is 6.77. The number of sulfonamides is 1. The fourth-order valence-electron chi connectivity index (χ4n) is 4.11. The van der Waals surface area contributed by atoms with Crippen LogP contribution in [-0.4, -0.2) is 47.4 Å². The van der Waals surface area contributed by atoms with Gasteiger partial charge in [-0.25, -0.2) is 22.6 Å². The zero-order valence-corrected chi connectivity index (χ0v) is 21.3. The Morgan fingerprint density at radius 1 is 1.20 bits per heavy atom. The highest BCUT2D eigenvalue weighted by Crippen LogP contribution is 2.38. The molecule has 0 aliphatic heterocycles. The number of ether oxygens (including phenoxy) is 1. The number of rotatable bonds is 6. The van der Waals surface area contributed by atoms with Crippen LogP contribution in [0, 0.1) is 6.92 Å². The van der Waals surface area contributed by atoms with Gasteiger partial charge in [0.15, 0.2) is 0 Å². The van der Waals surface area contributed by atoms with Gasteiger partial charge in [0.25, 0.3) is 0 Å². The van der Waals surface area contributed by atoms with Gasteiger partial charge in [-0.15, -0.1) is 0 Å². The van der Waals surface area contributed by atoms with Crippen LogP contribution in [0.15, 0.2) is 23.1 Å². The highest BCUT2D eigenvalue weighted by molar-refractivity contribution is 7.89. The van der Waals surface area contributed by atoms with Gasteiger partial charge < -0.3 is 9.84 Å². The summed E-state index contributed by atoms with van der Waals surface area (Å²) in [4.78, 5) is 4.14. The maximum Gasteiger partial charge on any atom is 0.417 e. The van der Waals surface area contributed by atoms with Crippen LogP contribution in [0.1, 0.15) is 55.8 Å². The number of nitrogens with zero attached hydrogens (tertiary/aromatic N) is 3. The van der Waals surface area contributed by atoms with Gasteiger partial charge in [0.1, 0.15) is 10.6 Å². The van der Waals surface area contributed by atoms with Crippen molar-refractivity contribution in [1.29, 1.82) is 0 Å². The number of benzene rings is 1. The van der Waals surface area contributed by atoms with Gasteiger partial charge in [0.2, 0.25) is 15.0 Å². The Bertz CT molecular complexity index is 1340. The van der Waals surface area contributed by atoms with Crippen molar-refractivity contribution in [1.82, 2.24) is 19.3 Å². The first-order valence-corrected chi connectivity index (χ1v) is 13.4. The number of alkyl halides is 3. The molecule has 0 unspecified atom stereocenters. The minimum Gasteiger partial charge on any atom is -0.393 e. The molecule has 4 rings (SSSR count). The number of aliphatic hydroxyl groups is 1. The van der Waals surface area contributed by atoms with Crippen LogP contribution >= 0.6 is 11.3 Å². The quantitative estimate of drug-likeness (QED) is 0.492. The third-order valence-electron chi connectivity index (χ3n) is 6.27. The van der Waals surface area contributed by atoms with Crippen molar-refractivity contribution in [2.24, 2.45) is 0 Å². The van der Waals surface area contributed by atoms with Gasteiger partial charge in [0, 0.05) is 18.7 Å². The number of nitrogens with one attached hydrogen (secondary N) is 1. The van der Waals surface area contributed by atoms with Gasteiger partial charge in [0.05, 0.1) is 28.0 Å². The first-order valence-electron chi connectivity index (χ1n) is 11.1. The Morgan fingerprint density at radius 2 is 1.86 bits per heavy atom. The lowest BCUT2D eigenvalue weighted by molar-refractivity contribution is -0.139. The van der Waals surface area contributed by atoms with Crippen molar-refractivity contribution in [3.8, 4) is 11.3 Å². The molecule has 0 spiro atoms. The molecule has 2 heterocycles. The molecule has 1 aromatic carbocycles. The second kappa shape index (κ2) is 9.11. The van der Waals surface area contributed by atoms with Gasteiger partial charge in [-0.05, 0) is 58.6 Å². The fraction of sp³-hybridized carbons (Fsp3) is 0.545. The maximum atomic E-state index is 13.8. The minimum atomic E-state index is -4.87. The summed E-state index contributed by atoms with van der Waals surface area (Å²) in [6, 6.07) is 2.49. The van der Waals surface area contributed by atoms with Crippen LogP contribution in [0.5, 0.6) is 0 Å². The Balaban J connectivity index is 1.81. The molecule has 0 saturated heterocycles. The van der Waals surface area contributed by atoms with Crippen molar-refractivity contribution < 1.29 is 31.4 Å². The van der Waals surface area contributed by atoms with Crippen molar-refractivity contribution in [3.05, 3.63) is 34.5 Å². The number of aryl methyl sites for hydroxylation is 1. The largest absolute Gasteiger partial charge is 0.417 e. The number of aliphatic hydroxyl groups excluding tert-OH is 1. The number of hydrogen-bond acceptors (Lipinski definition) is 7. The molecule has 2 aromatic heterocycles. The SMILES string of the molecule is COC(C)(C)c1nn2c(-c3ccc(C(F)(F)F)c(S(=O)(=O)NC4CCC(O)CC4)c3)c(C)nc2s1. The number of imidazole rings is 1. The van der Waals surface area contributed by atoms with Gasteiger partial charge in [-0.2, -0.15) is 18.3 Å². The second-order valence-corrected chi connectivity index (χ2v) is 11.8. The first kappa shape index (κ1) is 26.0. The molecule has 0 bridgehead atoms. The molecular formula is C22H27F3N4O4S2. The normalized spacial score (nSPS) is 20.0. The van der Waals surface area contributed by atoms with Gasteiger partial charge in [-0.3, -0.25) is 0 Å². The van der Waals surface area contributed by atoms with Crippen molar-refractivity contribution in [3.63, 3.8) is 0 Å². The molecule has 35 heavy (non-hydrogen) atoms.